The van der Waals surface area contributed by atoms with Crippen molar-refractivity contribution in [1.82, 2.24) is 0 Å². The van der Waals surface area contributed by atoms with Gasteiger partial charge in [-0.2, -0.15) is 0 Å². The summed E-state index contributed by atoms with van der Waals surface area (Å²) in [5.41, 5.74) is 6.91. The van der Waals surface area contributed by atoms with E-state index < -0.39 is 0 Å². The van der Waals surface area contributed by atoms with Gasteiger partial charge in [-0.15, -0.1) is 0 Å². The Morgan fingerprint density at radius 3 is 0.900 bits per heavy atom. The molecule has 3 rings (SSSR count). The molecule has 1 heteroatoms. The summed E-state index contributed by atoms with van der Waals surface area (Å²) in [7, 11) is 0. The van der Waals surface area contributed by atoms with Crippen LogP contribution in [0, 0.1) is 13.8 Å². The van der Waals surface area contributed by atoms with Crippen LogP contribution in [0.15, 0.2) is 77.3 Å². The minimum absolute atomic E-state index is 0.632. The van der Waals surface area contributed by atoms with Crippen LogP contribution in [0.3, 0.4) is 0 Å². The molecular weight excluding hydrogens is 428 g/mol. The van der Waals surface area contributed by atoms with Crippen molar-refractivity contribution >= 4 is 15.9 Å². The van der Waals surface area contributed by atoms with E-state index in [1.807, 2.05) is 0 Å². The van der Waals surface area contributed by atoms with Crippen LogP contribution in [0.4, 0.5) is 0 Å². The molecule has 0 atom stereocenters. The van der Waals surface area contributed by atoms with Crippen LogP contribution < -0.4 is 0 Å². The van der Waals surface area contributed by atoms with Crippen molar-refractivity contribution in [3.63, 3.8) is 0 Å². The van der Waals surface area contributed by atoms with Crippen molar-refractivity contribution in [2.75, 3.05) is 0 Å². The van der Waals surface area contributed by atoms with E-state index in [0.29, 0.717) is 17.8 Å². The van der Waals surface area contributed by atoms with Gasteiger partial charge in [0, 0.05) is 4.47 Å². The minimum atomic E-state index is 0.632. The van der Waals surface area contributed by atoms with E-state index in [2.05, 4.69) is 144 Å². The van der Waals surface area contributed by atoms with Crippen molar-refractivity contribution in [1.29, 1.82) is 0 Å². The Morgan fingerprint density at radius 1 is 0.433 bits per heavy atom. The Labute approximate surface area is 193 Å². The molecule has 0 amide bonds. The normalized spacial score (nSPS) is 10.4. The molecule has 162 valence electrons. The second-order valence-corrected chi connectivity index (χ2v) is 9.75. The summed E-state index contributed by atoms with van der Waals surface area (Å²) in [6.45, 7) is 17.5. The molecule has 3 aromatic rings. The van der Waals surface area contributed by atoms with Gasteiger partial charge in [0.25, 0.3) is 0 Å². The van der Waals surface area contributed by atoms with E-state index in [0.717, 1.165) is 4.47 Å². The van der Waals surface area contributed by atoms with Gasteiger partial charge in [-0.05, 0) is 60.4 Å². The van der Waals surface area contributed by atoms with Gasteiger partial charge >= 0.3 is 0 Å². The molecule has 0 radical (unpaired) electrons. The molecule has 0 spiro atoms. The Bertz CT molecular complexity index is 705. The third kappa shape index (κ3) is 10.3. The maximum absolute atomic E-state index is 3.39. The van der Waals surface area contributed by atoms with Crippen LogP contribution >= 0.6 is 15.9 Å². The van der Waals surface area contributed by atoms with Gasteiger partial charge in [-0.3, -0.25) is 0 Å². The van der Waals surface area contributed by atoms with E-state index >= 15 is 0 Å². The molecule has 0 aromatic heterocycles. The average molecular weight is 468 g/mol. The Balaban J connectivity index is 0.000000225. The molecule has 0 fully saturated rings. The summed E-state index contributed by atoms with van der Waals surface area (Å²) < 4.78 is 1.15. The lowest BCUT2D eigenvalue weighted by Crippen LogP contribution is -1.85. The van der Waals surface area contributed by atoms with Crippen LogP contribution in [-0.4, -0.2) is 0 Å². The van der Waals surface area contributed by atoms with Crippen LogP contribution in [-0.2, 0) is 0 Å². The molecule has 0 aliphatic rings. The molecule has 0 aliphatic heterocycles. The van der Waals surface area contributed by atoms with Gasteiger partial charge in [-0.1, -0.05) is 129 Å². The molecule has 3 aromatic carbocycles. The monoisotopic (exact) mass is 466 g/mol. The maximum atomic E-state index is 3.39. The first-order valence-electron chi connectivity index (χ1n) is 11.0. The summed E-state index contributed by atoms with van der Waals surface area (Å²) in [5, 5.41) is 0. The first kappa shape index (κ1) is 26.2. The van der Waals surface area contributed by atoms with Crippen LogP contribution in [0.25, 0.3) is 0 Å². The molecule has 0 saturated heterocycles. The van der Waals surface area contributed by atoms with Crippen LogP contribution in [0.2, 0.25) is 0 Å². The summed E-state index contributed by atoms with van der Waals surface area (Å²) in [6, 6.07) is 25.9. The zero-order valence-corrected chi connectivity index (χ0v) is 21.6. The van der Waals surface area contributed by atoms with E-state index in [4.69, 9.17) is 0 Å². The summed E-state index contributed by atoms with van der Waals surface area (Å²) in [5.74, 6) is 1.94. The van der Waals surface area contributed by atoms with Crippen molar-refractivity contribution in [3.8, 4) is 0 Å². The molecule has 30 heavy (non-hydrogen) atoms. The van der Waals surface area contributed by atoms with Crippen molar-refractivity contribution in [2.24, 2.45) is 0 Å². The highest BCUT2D eigenvalue weighted by Crippen LogP contribution is 2.17. The molecular formula is C29H39Br. The first-order chi connectivity index (χ1) is 14.1. The molecule has 0 saturated carbocycles. The maximum Gasteiger partial charge on any atom is 0.0175 e. The van der Waals surface area contributed by atoms with Gasteiger partial charge in [0.15, 0.2) is 0 Å². The number of rotatable bonds is 3. The predicted octanol–water partition coefficient (Wildman–Crippen LogP) is 9.81. The third-order valence-corrected chi connectivity index (χ3v) is 5.55. The van der Waals surface area contributed by atoms with Crippen LogP contribution in [0.5, 0.6) is 0 Å². The standard InChI is InChI=1S/2C10H14.C9H11Br/c2*1-8(2)10-6-4-9(3)5-7-10;1-7(2)8-3-5-9(10)6-4-8/h2*4-8H,1-3H3;3-7H,1-2H3. The molecule has 0 bridgehead atoms. The Hall–Kier alpha value is -1.86. The quantitative estimate of drug-likeness (QED) is 0.360. The lowest BCUT2D eigenvalue weighted by molar-refractivity contribution is 0.866. The number of hydrogen-bond donors (Lipinski definition) is 0. The third-order valence-electron chi connectivity index (χ3n) is 5.02. The van der Waals surface area contributed by atoms with E-state index in [9.17, 15) is 0 Å². The smallest absolute Gasteiger partial charge is 0.0175 e. The van der Waals surface area contributed by atoms with E-state index in [1.54, 1.807) is 0 Å². The Morgan fingerprint density at radius 2 is 0.667 bits per heavy atom. The highest BCUT2D eigenvalue weighted by Gasteiger charge is 1.97. The summed E-state index contributed by atoms with van der Waals surface area (Å²) in [6.07, 6.45) is 0. The lowest BCUT2D eigenvalue weighted by Gasteiger charge is -2.03. The van der Waals surface area contributed by atoms with Gasteiger partial charge in [0.05, 0.1) is 0 Å². The van der Waals surface area contributed by atoms with Crippen molar-refractivity contribution in [2.45, 2.75) is 73.1 Å². The highest BCUT2D eigenvalue weighted by molar-refractivity contribution is 9.10. The van der Waals surface area contributed by atoms with Gasteiger partial charge < -0.3 is 0 Å². The first-order valence-corrected chi connectivity index (χ1v) is 11.8. The zero-order chi connectivity index (χ0) is 22.7. The number of aryl methyl sites for hydroxylation is 2. The van der Waals surface area contributed by atoms with Gasteiger partial charge in [-0.25, -0.2) is 0 Å². The van der Waals surface area contributed by atoms with Crippen LogP contribution in [0.1, 0.15) is 87.1 Å². The lowest BCUT2D eigenvalue weighted by atomic mass is 10.0. The minimum Gasteiger partial charge on any atom is -0.0590 e. The second kappa shape index (κ2) is 13.4. The fourth-order valence-electron chi connectivity index (χ4n) is 2.75. The number of benzene rings is 3. The topological polar surface area (TPSA) is 0 Å². The Kier molecular flexibility index (Phi) is 11.7. The fourth-order valence-corrected chi connectivity index (χ4v) is 3.01. The number of halogens is 1. The highest BCUT2D eigenvalue weighted by atomic mass is 79.9. The molecule has 0 unspecified atom stereocenters. The fraction of sp³-hybridized carbons (Fsp3) is 0.379. The van der Waals surface area contributed by atoms with Gasteiger partial charge in [0.1, 0.15) is 0 Å². The summed E-state index contributed by atoms with van der Waals surface area (Å²) >= 11 is 3.39. The molecule has 0 aliphatic carbocycles. The van der Waals surface area contributed by atoms with Crippen molar-refractivity contribution < 1.29 is 0 Å². The van der Waals surface area contributed by atoms with Gasteiger partial charge in [0.2, 0.25) is 0 Å². The average Bonchev–Trinajstić information content (AvgIpc) is 2.70. The number of hydrogen-bond acceptors (Lipinski definition) is 0. The largest absolute Gasteiger partial charge is 0.0590 e. The molecule has 0 N–H and O–H groups in total. The second-order valence-electron chi connectivity index (χ2n) is 8.84. The molecule has 0 nitrogen and oxygen atoms in total. The zero-order valence-electron chi connectivity index (χ0n) is 20.0. The van der Waals surface area contributed by atoms with Crippen molar-refractivity contribution in [3.05, 3.63) is 105 Å². The SMILES string of the molecule is CC(C)c1ccc(Br)cc1.Cc1ccc(C(C)C)cc1.Cc1ccc(C(C)C)cc1. The van der Waals surface area contributed by atoms with E-state index in [-0.39, 0.29) is 0 Å². The molecule has 0 heterocycles. The summed E-state index contributed by atoms with van der Waals surface area (Å²) in [4.78, 5) is 0. The predicted molar refractivity (Wildman–Crippen MR) is 139 cm³/mol. The van der Waals surface area contributed by atoms with E-state index in [1.165, 1.54) is 27.8 Å².